The molecule has 0 saturated carbocycles. The van der Waals surface area contributed by atoms with Gasteiger partial charge < -0.3 is 0 Å². The Hall–Kier alpha value is -1.39. The Labute approximate surface area is 115 Å². The van der Waals surface area contributed by atoms with Crippen LogP contribution in [0, 0.1) is 5.41 Å². The molecule has 106 valence electrons. The zero-order valence-electron chi connectivity index (χ0n) is 12.5. The van der Waals surface area contributed by atoms with E-state index < -0.39 is 0 Å². The predicted octanol–water partition coefficient (Wildman–Crippen LogP) is 2.16. The molecule has 0 aromatic heterocycles. The van der Waals surface area contributed by atoms with E-state index in [4.69, 9.17) is 5.84 Å². The van der Waals surface area contributed by atoms with Gasteiger partial charge in [0.1, 0.15) is 0 Å². The van der Waals surface area contributed by atoms with Gasteiger partial charge in [-0.2, -0.15) is 0 Å². The number of nitrogens with zero attached hydrogens (tertiary/aromatic N) is 1. The van der Waals surface area contributed by atoms with Crippen LogP contribution in [-0.4, -0.2) is 23.9 Å². The van der Waals surface area contributed by atoms with Gasteiger partial charge >= 0.3 is 0 Å². The van der Waals surface area contributed by atoms with Crippen LogP contribution in [0.5, 0.6) is 0 Å². The van der Waals surface area contributed by atoms with E-state index in [1.165, 1.54) is 0 Å². The highest BCUT2D eigenvalue weighted by Crippen LogP contribution is 2.24. The molecular weight excluding hydrogens is 238 g/mol. The minimum absolute atomic E-state index is 0.223. The second kappa shape index (κ2) is 6.17. The Morgan fingerprint density at radius 2 is 2.05 bits per heavy atom. The molecule has 0 aliphatic carbocycles. The van der Waals surface area contributed by atoms with Crippen molar-refractivity contribution < 1.29 is 4.79 Å². The standard InChI is InChI=1S/C15H25N3O/c1-11(15(2,3)4)18(5)10-12-7-6-8-13(9-12)14(19)17-16/h6-9,11H,10,16H2,1-5H3,(H,17,19). The van der Waals surface area contributed by atoms with Crippen LogP contribution < -0.4 is 11.3 Å². The summed E-state index contributed by atoms with van der Waals surface area (Å²) >= 11 is 0. The van der Waals surface area contributed by atoms with Gasteiger partial charge in [0.25, 0.3) is 5.91 Å². The first-order chi connectivity index (χ1) is 8.75. The van der Waals surface area contributed by atoms with Crippen molar-refractivity contribution in [3.63, 3.8) is 0 Å². The fraction of sp³-hybridized carbons (Fsp3) is 0.533. The van der Waals surface area contributed by atoms with Crippen LogP contribution in [0.1, 0.15) is 43.6 Å². The highest BCUT2D eigenvalue weighted by Gasteiger charge is 2.23. The van der Waals surface area contributed by atoms with Crippen LogP contribution in [0.4, 0.5) is 0 Å². The minimum Gasteiger partial charge on any atom is -0.299 e. The molecule has 0 saturated heterocycles. The number of nitrogens with two attached hydrogens (primary N) is 1. The number of rotatable bonds is 4. The first-order valence-electron chi connectivity index (χ1n) is 6.56. The average molecular weight is 263 g/mol. The van der Waals surface area contributed by atoms with E-state index in [9.17, 15) is 4.79 Å². The third-order valence-corrected chi connectivity index (χ3v) is 3.67. The lowest BCUT2D eigenvalue weighted by molar-refractivity contribution is 0.0953. The van der Waals surface area contributed by atoms with Gasteiger partial charge in [-0.05, 0) is 37.1 Å². The summed E-state index contributed by atoms with van der Waals surface area (Å²) in [5.74, 6) is 4.89. The Morgan fingerprint density at radius 1 is 1.42 bits per heavy atom. The number of hydrazine groups is 1. The molecule has 1 aromatic carbocycles. The van der Waals surface area contributed by atoms with Crippen molar-refractivity contribution in [1.29, 1.82) is 0 Å². The van der Waals surface area contributed by atoms with Crippen molar-refractivity contribution in [2.45, 2.75) is 40.3 Å². The zero-order chi connectivity index (χ0) is 14.6. The molecule has 1 aromatic rings. The Morgan fingerprint density at radius 3 is 2.58 bits per heavy atom. The summed E-state index contributed by atoms with van der Waals surface area (Å²) in [6.07, 6.45) is 0. The predicted molar refractivity (Wildman–Crippen MR) is 78.5 cm³/mol. The van der Waals surface area contributed by atoms with Crippen molar-refractivity contribution in [3.8, 4) is 0 Å². The van der Waals surface area contributed by atoms with Crippen LogP contribution in [0.25, 0.3) is 0 Å². The van der Waals surface area contributed by atoms with Crippen molar-refractivity contribution in [1.82, 2.24) is 10.3 Å². The average Bonchev–Trinajstić information content (AvgIpc) is 2.36. The molecule has 0 aliphatic rings. The number of amides is 1. The van der Waals surface area contributed by atoms with E-state index in [0.29, 0.717) is 11.6 Å². The van der Waals surface area contributed by atoms with Gasteiger partial charge in [-0.25, -0.2) is 5.84 Å². The summed E-state index contributed by atoms with van der Waals surface area (Å²) in [6, 6.07) is 8.00. The van der Waals surface area contributed by atoms with Crippen molar-refractivity contribution >= 4 is 5.91 Å². The summed E-state index contributed by atoms with van der Waals surface area (Å²) in [4.78, 5) is 13.8. The van der Waals surface area contributed by atoms with Gasteiger partial charge in [0.2, 0.25) is 0 Å². The van der Waals surface area contributed by atoms with E-state index in [0.717, 1.165) is 12.1 Å². The van der Waals surface area contributed by atoms with Gasteiger partial charge in [0.05, 0.1) is 0 Å². The number of carbonyl (C=O) groups excluding carboxylic acids is 1. The van der Waals surface area contributed by atoms with E-state index in [1.807, 2.05) is 18.2 Å². The number of hydrogen-bond acceptors (Lipinski definition) is 3. The summed E-state index contributed by atoms with van der Waals surface area (Å²) in [5, 5.41) is 0. The van der Waals surface area contributed by atoms with Crippen LogP contribution in [0.2, 0.25) is 0 Å². The molecule has 0 fully saturated rings. The highest BCUT2D eigenvalue weighted by atomic mass is 16.2. The van der Waals surface area contributed by atoms with Crippen molar-refractivity contribution in [2.75, 3.05) is 7.05 Å². The number of hydrogen-bond donors (Lipinski definition) is 2. The Balaban J connectivity index is 2.80. The number of benzene rings is 1. The van der Waals surface area contributed by atoms with Crippen molar-refractivity contribution in [3.05, 3.63) is 35.4 Å². The molecule has 1 rings (SSSR count). The van der Waals surface area contributed by atoms with E-state index in [2.05, 4.69) is 45.1 Å². The second-order valence-corrected chi connectivity index (χ2v) is 6.13. The number of carbonyl (C=O) groups is 1. The maximum atomic E-state index is 11.5. The summed E-state index contributed by atoms with van der Waals surface area (Å²) in [6.45, 7) is 9.71. The molecule has 0 spiro atoms. The molecular formula is C15H25N3O. The molecule has 4 nitrogen and oxygen atoms in total. The van der Waals surface area contributed by atoms with Crippen molar-refractivity contribution in [2.24, 2.45) is 11.3 Å². The molecule has 0 radical (unpaired) electrons. The van der Waals surface area contributed by atoms with Crippen LogP contribution >= 0.6 is 0 Å². The van der Waals surface area contributed by atoms with Gasteiger partial charge in [-0.3, -0.25) is 15.1 Å². The molecule has 1 atom stereocenters. The summed E-state index contributed by atoms with van der Waals surface area (Å²) in [7, 11) is 2.10. The quantitative estimate of drug-likeness (QED) is 0.497. The second-order valence-electron chi connectivity index (χ2n) is 6.13. The van der Waals surface area contributed by atoms with Crippen LogP contribution in [-0.2, 0) is 6.54 Å². The summed E-state index contributed by atoms with van der Waals surface area (Å²) < 4.78 is 0. The molecule has 0 aliphatic heterocycles. The first-order valence-corrected chi connectivity index (χ1v) is 6.56. The molecule has 1 unspecified atom stereocenters. The normalized spacial score (nSPS) is 13.4. The van der Waals surface area contributed by atoms with Gasteiger partial charge in [0.15, 0.2) is 0 Å². The molecule has 19 heavy (non-hydrogen) atoms. The molecule has 4 heteroatoms. The van der Waals surface area contributed by atoms with Crippen LogP contribution in [0.3, 0.4) is 0 Å². The van der Waals surface area contributed by atoms with E-state index in [-0.39, 0.29) is 11.3 Å². The molecule has 0 bridgehead atoms. The monoisotopic (exact) mass is 263 g/mol. The number of nitrogens with one attached hydrogen (secondary N) is 1. The summed E-state index contributed by atoms with van der Waals surface area (Å²) in [5.41, 5.74) is 4.08. The highest BCUT2D eigenvalue weighted by molar-refractivity contribution is 5.93. The fourth-order valence-electron chi connectivity index (χ4n) is 1.98. The third-order valence-electron chi connectivity index (χ3n) is 3.67. The zero-order valence-corrected chi connectivity index (χ0v) is 12.5. The lowest BCUT2D eigenvalue weighted by Crippen LogP contribution is -2.38. The SMILES string of the molecule is CC(N(C)Cc1cccc(C(=O)NN)c1)C(C)(C)C. The minimum atomic E-state index is -0.256. The molecule has 0 heterocycles. The largest absolute Gasteiger partial charge is 0.299 e. The number of nitrogen functional groups attached to an aromatic ring is 1. The molecule has 3 N–H and O–H groups in total. The Kier molecular flexibility index (Phi) is 5.09. The molecule has 1 amide bonds. The van der Waals surface area contributed by atoms with Gasteiger partial charge in [-0.1, -0.05) is 32.9 Å². The van der Waals surface area contributed by atoms with Gasteiger partial charge in [-0.15, -0.1) is 0 Å². The fourth-order valence-corrected chi connectivity index (χ4v) is 1.98. The smallest absolute Gasteiger partial charge is 0.265 e. The van der Waals surface area contributed by atoms with E-state index >= 15 is 0 Å². The van der Waals surface area contributed by atoms with Gasteiger partial charge in [0, 0.05) is 18.2 Å². The first kappa shape index (κ1) is 15.7. The lowest BCUT2D eigenvalue weighted by Gasteiger charge is -2.35. The third kappa shape index (κ3) is 4.33. The topological polar surface area (TPSA) is 58.4 Å². The Bertz CT molecular complexity index is 437. The van der Waals surface area contributed by atoms with Crippen LogP contribution in [0.15, 0.2) is 24.3 Å². The van der Waals surface area contributed by atoms with E-state index in [1.54, 1.807) is 6.07 Å². The maximum Gasteiger partial charge on any atom is 0.265 e. The lowest BCUT2D eigenvalue weighted by atomic mass is 9.87. The maximum absolute atomic E-state index is 11.5.